The fourth-order valence-corrected chi connectivity index (χ4v) is 1.49. The van der Waals surface area contributed by atoms with Gasteiger partial charge in [-0.3, -0.25) is 0 Å². The second kappa shape index (κ2) is 8.95. The van der Waals surface area contributed by atoms with Gasteiger partial charge in [0.2, 0.25) is 0 Å². The van der Waals surface area contributed by atoms with Crippen molar-refractivity contribution < 1.29 is 14.6 Å². The van der Waals surface area contributed by atoms with Gasteiger partial charge in [-0.1, -0.05) is 30.3 Å². The van der Waals surface area contributed by atoms with E-state index in [4.69, 9.17) is 15.1 Å². The predicted octanol–water partition coefficient (Wildman–Crippen LogP) is 1.97. The van der Waals surface area contributed by atoms with Crippen molar-refractivity contribution in [3.05, 3.63) is 35.9 Å². The molecule has 2 N–H and O–H groups in total. The highest BCUT2D eigenvalue weighted by Gasteiger charge is 2.03. The third kappa shape index (κ3) is 7.06. The summed E-state index contributed by atoms with van der Waals surface area (Å²) in [6.07, 6.45) is 0.458. The number of amides is 1. The zero-order chi connectivity index (χ0) is 13.9. The highest BCUT2D eigenvalue weighted by molar-refractivity contribution is 5.67. The molecule has 0 saturated carbocycles. The van der Waals surface area contributed by atoms with Crippen LogP contribution in [-0.2, 0) is 11.3 Å². The lowest BCUT2D eigenvalue weighted by Crippen LogP contribution is -2.25. The number of ether oxygens (including phenoxy) is 1. The average molecular weight is 262 g/mol. The zero-order valence-corrected chi connectivity index (χ0v) is 10.7. The number of hydrogen-bond donors (Lipinski definition) is 2. The van der Waals surface area contributed by atoms with E-state index < -0.39 is 12.2 Å². The number of carbonyl (C=O) groups excluding carboxylic acids is 1. The standard InChI is InChI=1S/C14H18N2O3/c15-10-13(17)8-4-5-9-16-14(18)19-11-12-6-2-1-3-7-12/h1-3,6-7,13,17H,4-5,8-9,11H2,(H,16,18)/t13-/m1/s1. The van der Waals surface area contributed by atoms with Crippen LogP contribution in [0.5, 0.6) is 0 Å². The molecule has 0 fully saturated rings. The molecular formula is C14H18N2O3. The Morgan fingerprint density at radius 3 is 2.79 bits per heavy atom. The summed E-state index contributed by atoms with van der Waals surface area (Å²) in [4.78, 5) is 11.3. The highest BCUT2D eigenvalue weighted by Crippen LogP contribution is 2.01. The van der Waals surface area contributed by atoms with E-state index in [9.17, 15) is 4.79 Å². The predicted molar refractivity (Wildman–Crippen MR) is 70.1 cm³/mol. The molecule has 1 amide bonds. The van der Waals surface area contributed by atoms with Crippen molar-refractivity contribution in [3.8, 4) is 6.07 Å². The largest absolute Gasteiger partial charge is 0.445 e. The van der Waals surface area contributed by atoms with E-state index in [-0.39, 0.29) is 6.61 Å². The molecule has 1 aromatic rings. The van der Waals surface area contributed by atoms with Crippen LogP contribution in [0.3, 0.4) is 0 Å². The van der Waals surface area contributed by atoms with Gasteiger partial charge in [0.25, 0.3) is 0 Å². The number of aliphatic hydroxyl groups excluding tert-OH is 1. The van der Waals surface area contributed by atoms with Gasteiger partial charge in [0, 0.05) is 6.54 Å². The summed E-state index contributed by atoms with van der Waals surface area (Å²) in [5.74, 6) is 0. The van der Waals surface area contributed by atoms with Crippen molar-refractivity contribution >= 4 is 6.09 Å². The summed E-state index contributed by atoms with van der Waals surface area (Å²) in [6, 6.07) is 11.2. The Bertz CT molecular complexity index is 414. The normalized spacial score (nSPS) is 11.4. The molecule has 0 bridgehead atoms. The Kier molecular flexibility index (Phi) is 7.06. The van der Waals surface area contributed by atoms with Crippen LogP contribution in [0.1, 0.15) is 24.8 Å². The van der Waals surface area contributed by atoms with Crippen LogP contribution in [0.4, 0.5) is 4.79 Å². The number of hydrogen-bond acceptors (Lipinski definition) is 4. The highest BCUT2D eigenvalue weighted by atomic mass is 16.5. The van der Waals surface area contributed by atoms with Crippen LogP contribution < -0.4 is 5.32 Å². The van der Waals surface area contributed by atoms with Gasteiger partial charge >= 0.3 is 6.09 Å². The van der Waals surface area contributed by atoms with E-state index in [2.05, 4.69) is 5.32 Å². The minimum Gasteiger partial charge on any atom is -0.445 e. The molecule has 0 aliphatic carbocycles. The van der Waals surface area contributed by atoms with E-state index in [1.807, 2.05) is 30.3 Å². The van der Waals surface area contributed by atoms with Gasteiger partial charge in [-0.25, -0.2) is 4.79 Å². The van der Waals surface area contributed by atoms with Gasteiger partial charge in [0.15, 0.2) is 0 Å². The number of benzene rings is 1. The van der Waals surface area contributed by atoms with Crippen LogP contribution in [0.15, 0.2) is 30.3 Å². The molecule has 0 radical (unpaired) electrons. The number of nitrogens with zero attached hydrogens (tertiary/aromatic N) is 1. The average Bonchev–Trinajstić information content (AvgIpc) is 2.45. The molecule has 0 heterocycles. The molecule has 5 nitrogen and oxygen atoms in total. The maximum atomic E-state index is 11.3. The summed E-state index contributed by atoms with van der Waals surface area (Å²) < 4.78 is 5.03. The van der Waals surface area contributed by atoms with Crippen LogP contribution in [-0.4, -0.2) is 23.8 Å². The Morgan fingerprint density at radius 2 is 2.11 bits per heavy atom. The summed E-state index contributed by atoms with van der Waals surface area (Å²) in [7, 11) is 0. The number of alkyl carbamates (subject to hydrolysis) is 1. The van der Waals surface area contributed by atoms with Crippen LogP contribution in [0.2, 0.25) is 0 Å². The third-order valence-electron chi connectivity index (χ3n) is 2.54. The second-order valence-electron chi connectivity index (χ2n) is 4.13. The Hall–Kier alpha value is -2.06. The fourth-order valence-electron chi connectivity index (χ4n) is 1.49. The molecule has 0 spiro atoms. The minimum atomic E-state index is -0.912. The van der Waals surface area contributed by atoms with Crippen LogP contribution in [0.25, 0.3) is 0 Å². The lowest BCUT2D eigenvalue weighted by atomic mass is 10.2. The Morgan fingerprint density at radius 1 is 1.37 bits per heavy atom. The van der Waals surface area contributed by atoms with Crippen molar-refractivity contribution in [2.24, 2.45) is 0 Å². The van der Waals surface area contributed by atoms with Gasteiger partial charge in [-0.2, -0.15) is 5.26 Å². The van der Waals surface area contributed by atoms with E-state index in [1.165, 1.54) is 0 Å². The number of nitriles is 1. The summed E-state index contributed by atoms with van der Waals surface area (Å²) >= 11 is 0. The molecular weight excluding hydrogens is 244 g/mol. The van der Waals surface area contributed by atoms with Crippen molar-refractivity contribution in [1.29, 1.82) is 5.26 Å². The molecule has 19 heavy (non-hydrogen) atoms. The monoisotopic (exact) mass is 262 g/mol. The lowest BCUT2D eigenvalue weighted by Gasteiger charge is -2.07. The van der Waals surface area contributed by atoms with Crippen molar-refractivity contribution in [1.82, 2.24) is 5.32 Å². The van der Waals surface area contributed by atoms with Gasteiger partial charge in [0.05, 0.1) is 6.07 Å². The van der Waals surface area contributed by atoms with E-state index in [0.717, 1.165) is 5.56 Å². The van der Waals surface area contributed by atoms with Crippen molar-refractivity contribution in [2.75, 3.05) is 6.54 Å². The lowest BCUT2D eigenvalue weighted by molar-refractivity contribution is 0.139. The van der Waals surface area contributed by atoms with Gasteiger partial charge in [0.1, 0.15) is 12.7 Å². The van der Waals surface area contributed by atoms with E-state index in [1.54, 1.807) is 6.07 Å². The molecule has 0 unspecified atom stereocenters. The number of nitrogens with one attached hydrogen (secondary N) is 1. The Labute approximate surface area is 112 Å². The van der Waals surface area contributed by atoms with Crippen LogP contribution >= 0.6 is 0 Å². The first kappa shape index (κ1) is 15.0. The molecule has 0 aromatic heterocycles. The smallest absolute Gasteiger partial charge is 0.407 e. The first-order valence-electron chi connectivity index (χ1n) is 6.24. The van der Waals surface area contributed by atoms with Crippen molar-refractivity contribution in [3.63, 3.8) is 0 Å². The molecule has 1 atom stereocenters. The fraction of sp³-hybridized carbons (Fsp3) is 0.429. The van der Waals surface area contributed by atoms with Gasteiger partial charge in [-0.05, 0) is 24.8 Å². The summed E-state index contributed by atoms with van der Waals surface area (Å²) in [5, 5.41) is 20.0. The second-order valence-corrected chi connectivity index (χ2v) is 4.13. The topological polar surface area (TPSA) is 82.4 Å². The summed E-state index contributed by atoms with van der Waals surface area (Å²) in [6.45, 7) is 0.728. The SMILES string of the molecule is N#C[C@H](O)CCCCNC(=O)OCc1ccccc1. The van der Waals surface area contributed by atoms with E-state index >= 15 is 0 Å². The molecule has 0 saturated heterocycles. The van der Waals surface area contributed by atoms with Crippen molar-refractivity contribution in [2.45, 2.75) is 32.0 Å². The van der Waals surface area contributed by atoms with E-state index in [0.29, 0.717) is 25.8 Å². The molecule has 1 rings (SSSR count). The molecule has 5 heteroatoms. The number of rotatable bonds is 7. The Balaban J connectivity index is 2.04. The maximum Gasteiger partial charge on any atom is 0.407 e. The molecule has 1 aromatic carbocycles. The van der Waals surface area contributed by atoms with Gasteiger partial charge < -0.3 is 15.2 Å². The van der Waals surface area contributed by atoms with Gasteiger partial charge in [-0.15, -0.1) is 0 Å². The number of carbonyl (C=O) groups is 1. The molecule has 102 valence electrons. The van der Waals surface area contributed by atoms with Crippen LogP contribution in [0, 0.1) is 11.3 Å². The molecule has 0 aliphatic rings. The molecule has 0 aliphatic heterocycles. The number of aliphatic hydroxyl groups is 1. The first-order valence-corrected chi connectivity index (χ1v) is 6.24. The third-order valence-corrected chi connectivity index (χ3v) is 2.54. The first-order chi connectivity index (χ1) is 9.22. The maximum absolute atomic E-state index is 11.3. The minimum absolute atomic E-state index is 0.250. The number of unbranched alkanes of at least 4 members (excludes halogenated alkanes) is 1. The quantitative estimate of drug-likeness (QED) is 0.581. The zero-order valence-electron chi connectivity index (χ0n) is 10.7. The summed E-state index contributed by atoms with van der Waals surface area (Å²) in [5.41, 5.74) is 0.940.